The minimum atomic E-state index is -3.46. The van der Waals surface area contributed by atoms with Crippen LogP contribution in [0.3, 0.4) is 0 Å². The second-order valence-electron chi connectivity index (χ2n) is 8.88. The highest BCUT2D eigenvalue weighted by molar-refractivity contribution is 7.90. The third kappa shape index (κ3) is 5.00. The predicted octanol–water partition coefficient (Wildman–Crippen LogP) is 3.55. The molecule has 1 fully saturated rings. The molecule has 0 atom stereocenters. The molecule has 0 radical (unpaired) electrons. The molecule has 0 N–H and O–H groups in total. The van der Waals surface area contributed by atoms with Crippen LogP contribution in [0.25, 0.3) is 0 Å². The zero-order valence-electron chi connectivity index (χ0n) is 19.0. The van der Waals surface area contributed by atoms with Crippen LogP contribution in [0.15, 0.2) is 77.7 Å². The molecule has 1 amide bonds. The van der Waals surface area contributed by atoms with Crippen molar-refractivity contribution in [1.29, 1.82) is 0 Å². The van der Waals surface area contributed by atoms with Crippen molar-refractivity contribution in [1.82, 2.24) is 9.80 Å². The molecule has 0 aliphatic carbocycles. The van der Waals surface area contributed by atoms with Gasteiger partial charge in [-0.2, -0.15) is 0 Å². The Kier molecular flexibility index (Phi) is 6.39. The number of amides is 1. The fourth-order valence-electron chi connectivity index (χ4n) is 4.61. The number of carbonyl (C=O) groups is 1. The van der Waals surface area contributed by atoms with Crippen LogP contribution in [0.1, 0.15) is 27.0 Å². The minimum Gasteiger partial charge on any atom is -0.493 e. The number of hydrogen-bond donors (Lipinski definition) is 0. The Morgan fingerprint density at radius 3 is 2.44 bits per heavy atom. The van der Waals surface area contributed by atoms with E-state index >= 15 is 0 Å². The lowest BCUT2D eigenvalue weighted by Gasteiger charge is -2.35. The number of hydrogen-bond acceptors (Lipinski definition) is 5. The van der Waals surface area contributed by atoms with Crippen molar-refractivity contribution in [2.24, 2.45) is 0 Å². The van der Waals surface area contributed by atoms with Crippen molar-refractivity contribution >= 4 is 15.7 Å². The largest absolute Gasteiger partial charge is 0.493 e. The van der Waals surface area contributed by atoms with Crippen LogP contribution in [-0.4, -0.2) is 56.9 Å². The Hall–Kier alpha value is -3.16. The summed E-state index contributed by atoms with van der Waals surface area (Å²) in [4.78, 5) is 17.6. The van der Waals surface area contributed by atoms with Crippen molar-refractivity contribution in [2.75, 3.05) is 32.8 Å². The molecule has 0 unspecified atom stereocenters. The molecule has 0 saturated carbocycles. The third-order valence-electron chi connectivity index (χ3n) is 6.45. The van der Waals surface area contributed by atoms with Gasteiger partial charge in [-0.25, -0.2) is 8.42 Å². The number of rotatable bonds is 6. The first-order chi connectivity index (χ1) is 16.5. The number of sulfone groups is 1. The SMILES string of the molecule is O=C(c1cccc(CS(=O)(=O)c2ccccc2)c1)N1CCN(Cc2ccc3c(c2)CCO3)CC1. The van der Waals surface area contributed by atoms with E-state index in [0.29, 0.717) is 29.1 Å². The molecule has 1 saturated heterocycles. The Morgan fingerprint density at radius 2 is 1.65 bits per heavy atom. The van der Waals surface area contributed by atoms with E-state index in [9.17, 15) is 13.2 Å². The molecule has 3 aromatic carbocycles. The highest BCUT2D eigenvalue weighted by Crippen LogP contribution is 2.26. The molecule has 3 aromatic rings. The van der Waals surface area contributed by atoms with E-state index in [-0.39, 0.29) is 11.7 Å². The molecular formula is C27H28N2O4S. The number of benzene rings is 3. The number of nitrogens with zero attached hydrogens (tertiary/aromatic N) is 2. The van der Waals surface area contributed by atoms with Gasteiger partial charge >= 0.3 is 0 Å². The van der Waals surface area contributed by atoms with Gasteiger partial charge in [-0.1, -0.05) is 42.5 Å². The van der Waals surface area contributed by atoms with E-state index in [4.69, 9.17) is 4.74 Å². The number of piperazine rings is 1. The van der Waals surface area contributed by atoms with Crippen molar-refractivity contribution in [3.63, 3.8) is 0 Å². The van der Waals surface area contributed by atoms with Crippen molar-refractivity contribution in [3.05, 3.63) is 95.1 Å². The molecule has 6 nitrogen and oxygen atoms in total. The average molecular weight is 477 g/mol. The summed E-state index contributed by atoms with van der Waals surface area (Å²) in [5.74, 6) is 0.823. The molecule has 34 heavy (non-hydrogen) atoms. The summed E-state index contributed by atoms with van der Waals surface area (Å²) in [5.41, 5.74) is 3.71. The maximum Gasteiger partial charge on any atom is 0.253 e. The van der Waals surface area contributed by atoms with Crippen molar-refractivity contribution in [2.45, 2.75) is 23.6 Å². The van der Waals surface area contributed by atoms with E-state index in [1.807, 2.05) is 4.90 Å². The standard InChI is InChI=1S/C27H28N2O4S/c30-27(24-6-4-5-22(18-24)20-34(31,32)25-7-2-1-3-8-25)29-14-12-28(13-15-29)19-21-9-10-26-23(17-21)11-16-33-26/h1-10,17-18H,11-16,19-20H2. The fraction of sp³-hybridized carbons (Fsp3) is 0.296. The molecule has 2 aliphatic heterocycles. The van der Waals surface area contributed by atoms with Gasteiger partial charge in [0.05, 0.1) is 17.3 Å². The highest BCUT2D eigenvalue weighted by Gasteiger charge is 2.23. The molecule has 176 valence electrons. The summed E-state index contributed by atoms with van der Waals surface area (Å²) in [6.45, 7) is 4.54. The van der Waals surface area contributed by atoms with Gasteiger partial charge in [-0.15, -0.1) is 0 Å². The van der Waals surface area contributed by atoms with E-state index in [2.05, 4.69) is 23.1 Å². The van der Waals surface area contributed by atoms with Gasteiger partial charge in [0.25, 0.3) is 5.91 Å². The summed E-state index contributed by atoms with van der Waals surface area (Å²) >= 11 is 0. The fourth-order valence-corrected chi connectivity index (χ4v) is 5.97. The van der Waals surface area contributed by atoms with E-state index < -0.39 is 9.84 Å². The van der Waals surface area contributed by atoms with E-state index in [1.165, 1.54) is 11.1 Å². The number of fused-ring (bicyclic) bond motifs is 1. The Morgan fingerprint density at radius 1 is 0.853 bits per heavy atom. The van der Waals surface area contributed by atoms with Gasteiger partial charge in [0, 0.05) is 44.7 Å². The molecule has 0 bridgehead atoms. The molecule has 5 rings (SSSR count). The molecule has 0 aromatic heterocycles. The van der Waals surface area contributed by atoms with Gasteiger partial charge < -0.3 is 9.64 Å². The number of ether oxygens (including phenoxy) is 1. The maximum atomic E-state index is 13.1. The van der Waals surface area contributed by atoms with Gasteiger partial charge in [0.15, 0.2) is 9.84 Å². The van der Waals surface area contributed by atoms with Gasteiger partial charge in [-0.3, -0.25) is 9.69 Å². The second-order valence-corrected chi connectivity index (χ2v) is 10.9. The lowest BCUT2D eigenvalue weighted by molar-refractivity contribution is 0.0628. The normalized spacial score (nSPS) is 16.2. The molecular weight excluding hydrogens is 448 g/mol. The van der Waals surface area contributed by atoms with E-state index in [1.54, 1.807) is 54.6 Å². The third-order valence-corrected chi connectivity index (χ3v) is 8.16. The first-order valence-electron chi connectivity index (χ1n) is 11.6. The number of carbonyl (C=O) groups excluding carboxylic acids is 1. The topological polar surface area (TPSA) is 66.9 Å². The zero-order valence-corrected chi connectivity index (χ0v) is 19.8. The quantitative estimate of drug-likeness (QED) is 0.544. The second kappa shape index (κ2) is 9.60. The highest BCUT2D eigenvalue weighted by atomic mass is 32.2. The Balaban J connectivity index is 1.19. The lowest BCUT2D eigenvalue weighted by Crippen LogP contribution is -2.48. The lowest BCUT2D eigenvalue weighted by atomic mass is 10.1. The maximum absolute atomic E-state index is 13.1. The Labute approximate surface area is 200 Å². The first kappa shape index (κ1) is 22.6. The van der Waals surface area contributed by atoms with Crippen LogP contribution in [0.5, 0.6) is 5.75 Å². The van der Waals surface area contributed by atoms with Crippen LogP contribution in [0, 0.1) is 0 Å². The van der Waals surface area contributed by atoms with Crippen molar-refractivity contribution in [3.8, 4) is 5.75 Å². The molecule has 7 heteroatoms. The van der Waals surface area contributed by atoms with E-state index in [0.717, 1.165) is 38.4 Å². The summed E-state index contributed by atoms with van der Waals surface area (Å²) in [6.07, 6.45) is 0.969. The smallest absolute Gasteiger partial charge is 0.253 e. The zero-order chi connectivity index (χ0) is 23.5. The van der Waals surface area contributed by atoms with Gasteiger partial charge in [0.1, 0.15) is 5.75 Å². The molecule has 2 aliphatic rings. The molecule has 0 spiro atoms. The molecule has 2 heterocycles. The summed E-state index contributed by atoms with van der Waals surface area (Å²) in [5, 5.41) is 0. The van der Waals surface area contributed by atoms with Gasteiger partial charge in [-0.05, 0) is 47.0 Å². The van der Waals surface area contributed by atoms with Crippen LogP contribution < -0.4 is 4.74 Å². The van der Waals surface area contributed by atoms with Crippen LogP contribution >= 0.6 is 0 Å². The average Bonchev–Trinajstić information content (AvgIpc) is 3.33. The summed E-state index contributed by atoms with van der Waals surface area (Å²) < 4.78 is 31.0. The van der Waals surface area contributed by atoms with Crippen LogP contribution in [0.4, 0.5) is 0 Å². The summed E-state index contributed by atoms with van der Waals surface area (Å²) in [7, 11) is -3.46. The first-order valence-corrected chi connectivity index (χ1v) is 13.3. The van der Waals surface area contributed by atoms with Crippen molar-refractivity contribution < 1.29 is 17.9 Å². The minimum absolute atomic E-state index is 0.0479. The van der Waals surface area contributed by atoms with Crippen LogP contribution in [-0.2, 0) is 28.6 Å². The van der Waals surface area contributed by atoms with Crippen LogP contribution in [0.2, 0.25) is 0 Å². The predicted molar refractivity (Wildman–Crippen MR) is 131 cm³/mol. The summed E-state index contributed by atoms with van der Waals surface area (Å²) in [6, 6.07) is 21.8. The monoisotopic (exact) mass is 476 g/mol. The Bertz CT molecular complexity index is 1280. The van der Waals surface area contributed by atoms with Gasteiger partial charge in [0.2, 0.25) is 0 Å².